The summed E-state index contributed by atoms with van der Waals surface area (Å²) in [6.07, 6.45) is 8.80. The van der Waals surface area contributed by atoms with Crippen molar-refractivity contribution in [3.8, 4) is 32.0 Å². The molecule has 4 aromatic carbocycles. The Morgan fingerprint density at radius 1 is 0.548 bits per heavy atom. The number of carbonyl (C=O) groups excluding carboxylic acids is 4. The predicted molar refractivity (Wildman–Crippen MR) is 246 cm³/mol. The van der Waals surface area contributed by atoms with Crippen molar-refractivity contribution in [3.63, 3.8) is 0 Å². The molecule has 12 heteroatoms. The van der Waals surface area contributed by atoms with Crippen LogP contribution in [0.5, 0.6) is 0 Å². The molecule has 2 heterocycles. The van der Waals surface area contributed by atoms with Gasteiger partial charge in [0.05, 0.1) is 22.8 Å². The van der Waals surface area contributed by atoms with E-state index in [1.165, 1.54) is 0 Å². The summed E-state index contributed by atoms with van der Waals surface area (Å²) in [5, 5.41) is 7.76. The van der Waals surface area contributed by atoms with Gasteiger partial charge in [0, 0.05) is 37.3 Å². The molecule has 6 aromatic rings. The predicted octanol–water partition coefficient (Wildman–Crippen LogP) is 9.61. The van der Waals surface area contributed by atoms with Crippen LogP contribution in [-0.4, -0.2) is 56.5 Å². The van der Waals surface area contributed by atoms with Crippen molar-refractivity contribution in [1.82, 2.24) is 30.4 Å². The molecule has 8 rings (SSSR count). The minimum Gasteiger partial charge on any atom is -0.340 e. The van der Waals surface area contributed by atoms with Crippen molar-refractivity contribution in [1.29, 1.82) is 0 Å². The number of nitrogens with one attached hydrogen (secondary N) is 2. The summed E-state index contributed by atoms with van der Waals surface area (Å²) in [4.78, 5) is 68.8. The molecule has 318 valence electrons. The SMILES string of the molecule is CCCN(Cc1ncc(-c2ccc(-c3ccc(-c4cnc(CN(CCC)C(=O)[C@@H](NC(=O)C5CC5)c5ccccc5)s4)cc3)cc2)s1)C(=O)[C@@H](NC(=O)C1CC1)c1ccccc1. The van der Waals surface area contributed by atoms with Crippen molar-refractivity contribution in [2.75, 3.05) is 13.1 Å². The monoisotopic (exact) mass is 864 g/mol. The Kier molecular flexibility index (Phi) is 13.6. The number of thiazole rings is 2. The molecule has 2 aliphatic carbocycles. The van der Waals surface area contributed by atoms with Crippen LogP contribution in [0, 0.1) is 11.8 Å². The van der Waals surface area contributed by atoms with Gasteiger partial charge in [0.1, 0.15) is 22.1 Å². The third kappa shape index (κ3) is 10.5. The van der Waals surface area contributed by atoms with E-state index in [1.54, 1.807) is 22.7 Å². The van der Waals surface area contributed by atoms with Gasteiger partial charge in [-0.05, 0) is 71.9 Å². The normalized spacial score (nSPS) is 14.4. The highest BCUT2D eigenvalue weighted by Crippen LogP contribution is 2.34. The van der Waals surface area contributed by atoms with Gasteiger partial charge < -0.3 is 20.4 Å². The summed E-state index contributed by atoms with van der Waals surface area (Å²) in [6.45, 7) is 5.96. The third-order valence-corrected chi connectivity index (χ3v) is 13.3. The molecule has 0 unspecified atom stereocenters. The van der Waals surface area contributed by atoms with Gasteiger partial charge in [0.25, 0.3) is 0 Å². The molecule has 0 saturated heterocycles. The Bertz CT molecular complexity index is 2290. The molecule has 0 spiro atoms. The maximum Gasteiger partial charge on any atom is 0.250 e. The number of hydrogen-bond acceptors (Lipinski definition) is 8. The van der Waals surface area contributed by atoms with Gasteiger partial charge in [0.15, 0.2) is 0 Å². The number of aromatic nitrogens is 2. The first kappa shape index (κ1) is 42.7. The zero-order valence-corrected chi connectivity index (χ0v) is 36.8. The highest BCUT2D eigenvalue weighted by Gasteiger charge is 2.36. The van der Waals surface area contributed by atoms with E-state index in [0.29, 0.717) is 26.2 Å². The molecule has 0 bridgehead atoms. The van der Waals surface area contributed by atoms with Gasteiger partial charge >= 0.3 is 0 Å². The smallest absolute Gasteiger partial charge is 0.250 e. The Morgan fingerprint density at radius 2 is 0.903 bits per heavy atom. The average Bonchev–Trinajstić information content (AvgIpc) is 4.25. The Labute approximate surface area is 371 Å². The van der Waals surface area contributed by atoms with Gasteiger partial charge in [-0.2, -0.15) is 0 Å². The van der Waals surface area contributed by atoms with E-state index in [1.807, 2.05) is 96.7 Å². The number of amides is 4. The van der Waals surface area contributed by atoms with Gasteiger partial charge in [-0.25, -0.2) is 9.97 Å². The highest BCUT2D eigenvalue weighted by atomic mass is 32.1. The number of carbonyl (C=O) groups is 4. The lowest BCUT2D eigenvalue weighted by Gasteiger charge is -2.27. The summed E-state index contributed by atoms with van der Waals surface area (Å²) in [6, 6.07) is 34.4. The topological polar surface area (TPSA) is 125 Å². The van der Waals surface area contributed by atoms with Crippen molar-refractivity contribution >= 4 is 46.3 Å². The molecule has 4 amide bonds. The summed E-state index contributed by atoms with van der Waals surface area (Å²) in [5.41, 5.74) is 5.84. The van der Waals surface area contributed by atoms with Crippen molar-refractivity contribution < 1.29 is 19.2 Å². The maximum atomic E-state index is 14.0. The lowest BCUT2D eigenvalue weighted by Crippen LogP contribution is -2.43. The van der Waals surface area contributed by atoms with E-state index in [2.05, 4.69) is 59.2 Å². The summed E-state index contributed by atoms with van der Waals surface area (Å²) in [5.74, 6) is -0.352. The summed E-state index contributed by atoms with van der Waals surface area (Å²) >= 11 is 3.15. The van der Waals surface area contributed by atoms with Crippen LogP contribution in [0.4, 0.5) is 0 Å². The lowest BCUT2D eigenvalue weighted by molar-refractivity contribution is -0.137. The first-order valence-electron chi connectivity index (χ1n) is 21.7. The maximum absolute atomic E-state index is 14.0. The van der Waals surface area contributed by atoms with Crippen molar-refractivity contribution in [3.05, 3.63) is 143 Å². The molecule has 2 aromatic heterocycles. The molecule has 2 saturated carbocycles. The van der Waals surface area contributed by atoms with Crippen LogP contribution in [0.15, 0.2) is 122 Å². The van der Waals surface area contributed by atoms with Crippen molar-refractivity contribution in [2.24, 2.45) is 11.8 Å². The Hall–Kier alpha value is -5.98. The van der Waals surface area contributed by atoms with E-state index in [-0.39, 0.29) is 35.5 Å². The summed E-state index contributed by atoms with van der Waals surface area (Å²) < 4.78 is 0. The first-order valence-corrected chi connectivity index (χ1v) is 23.3. The second kappa shape index (κ2) is 19.8. The van der Waals surface area contributed by atoms with E-state index in [4.69, 9.17) is 9.97 Å². The first-order chi connectivity index (χ1) is 30.3. The van der Waals surface area contributed by atoms with E-state index < -0.39 is 12.1 Å². The molecular formula is C50H52N6O4S2. The lowest BCUT2D eigenvalue weighted by atomic mass is 10.0. The molecule has 10 nitrogen and oxygen atoms in total. The van der Waals surface area contributed by atoms with Crippen molar-refractivity contribution in [2.45, 2.75) is 77.5 Å². The fraction of sp³-hybridized carbons (Fsp3) is 0.320. The zero-order chi connectivity index (χ0) is 43.0. The number of hydrogen-bond donors (Lipinski definition) is 2. The zero-order valence-electron chi connectivity index (χ0n) is 35.2. The van der Waals surface area contributed by atoms with Crippen LogP contribution < -0.4 is 10.6 Å². The molecular weight excluding hydrogens is 813 g/mol. The Balaban J connectivity index is 0.904. The van der Waals surface area contributed by atoms with E-state index in [0.717, 1.165) is 91.7 Å². The number of rotatable bonds is 19. The Morgan fingerprint density at radius 3 is 1.24 bits per heavy atom. The van der Waals surface area contributed by atoms with Crippen LogP contribution in [-0.2, 0) is 32.3 Å². The molecule has 2 aliphatic rings. The van der Waals surface area contributed by atoms with Crippen LogP contribution in [0.25, 0.3) is 32.0 Å². The van der Waals surface area contributed by atoms with Crippen LogP contribution in [0.2, 0.25) is 0 Å². The third-order valence-electron chi connectivity index (χ3n) is 11.3. The number of benzene rings is 4. The molecule has 2 N–H and O–H groups in total. The van der Waals surface area contributed by atoms with Gasteiger partial charge in [0.2, 0.25) is 23.6 Å². The molecule has 0 radical (unpaired) electrons. The molecule has 2 fully saturated rings. The summed E-state index contributed by atoms with van der Waals surface area (Å²) in [7, 11) is 0. The fourth-order valence-electron chi connectivity index (χ4n) is 7.53. The molecule has 2 atom stereocenters. The second-order valence-corrected chi connectivity index (χ2v) is 18.4. The minimum absolute atomic E-state index is 0.000829. The van der Waals surface area contributed by atoms with E-state index in [9.17, 15) is 19.2 Å². The molecule has 0 aliphatic heterocycles. The quantitative estimate of drug-likeness (QED) is 0.0836. The minimum atomic E-state index is -0.734. The average molecular weight is 865 g/mol. The van der Waals surface area contributed by atoms with E-state index >= 15 is 0 Å². The standard InChI is InChI=1S/C50H52N6O4S2/c1-3-27-55(49(59)45(37-11-7-5-8-12-37)53-47(57)39-23-24-39)31-43-51-29-41(61-43)35-19-15-33(16-20-35)34-17-21-36(22-18-34)42-30-52-44(62-42)32-56(28-4-2)50(60)46(38-13-9-6-10-14-38)54-48(58)40-25-26-40/h5-22,29-30,39-40,45-46H,3-4,23-28,31-32H2,1-2H3,(H,53,57)(H,54,58)/t45-,46-/m0/s1. The van der Waals surface area contributed by atoms with Gasteiger partial charge in [-0.3, -0.25) is 19.2 Å². The second-order valence-electron chi connectivity index (χ2n) is 16.2. The van der Waals surface area contributed by atoms with Gasteiger partial charge in [-0.1, -0.05) is 123 Å². The highest BCUT2D eigenvalue weighted by molar-refractivity contribution is 7.15. The van der Waals surface area contributed by atoms with Crippen LogP contribution in [0.3, 0.4) is 0 Å². The fourth-order valence-corrected chi connectivity index (χ4v) is 9.41. The molecule has 62 heavy (non-hydrogen) atoms. The van der Waals surface area contributed by atoms with Crippen LogP contribution in [0.1, 0.15) is 85.6 Å². The van der Waals surface area contributed by atoms with Crippen LogP contribution >= 0.6 is 22.7 Å². The largest absolute Gasteiger partial charge is 0.340 e. The number of nitrogens with zero attached hydrogens (tertiary/aromatic N) is 4. The van der Waals surface area contributed by atoms with Gasteiger partial charge in [-0.15, -0.1) is 22.7 Å².